The second-order valence-electron chi connectivity index (χ2n) is 6.39. The molecular weight excluding hydrogens is 392 g/mol. The third kappa shape index (κ3) is 3.51. The van der Waals surface area contributed by atoms with Gasteiger partial charge in [0.2, 0.25) is 0 Å². The number of H-pyrrole nitrogens is 1. The van der Waals surface area contributed by atoms with Gasteiger partial charge in [-0.2, -0.15) is 5.10 Å². The van der Waals surface area contributed by atoms with Crippen molar-refractivity contribution in [3.63, 3.8) is 0 Å². The van der Waals surface area contributed by atoms with Gasteiger partial charge < -0.3 is 10.2 Å². The standard InChI is InChI=1S/C20H19BrN4O/c21-17-9-5-4-8-16(17)20(26)22-15-10-11-25(13-15)19-12-18(23-24-19)14-6-2-1-3-7-14/h1-9,12,15H,10-11,13H2,(H,22,26)(H,23,24). The van der Waals surface area contributed by atoms with E-state index in [4.69, 9.17) is 0 Å². The summed E-state index contributed by atoms with van der Waals surface area (Å²) in [5.41, 5.74) is 2.78. The summed E-state index contributed by atoms with van der Waals surface area (Å²) in [6, 6.07) is 19.8. The van der Waals surface area contributed by atoms with Crippen LogP contribution in [0.15, 0.2) is 65.1 Å². The van der Waals surface area contributed by atoms with E-state index in [0.29, 0.717) is 5.56 Å². The van der Waals surface area contributed by atoms with Gasteiger partial charge in [-0.15, -0.1) is 0 Å². The van der Waals surface area contributed by atoms with Crippen LogP contribution in [0.4, 0.5) is 5.82 Å². The maximum absolute atomic E-state index is 12.5. The number of anilines is 1. The maximum Gasteiger partial charge on any atom is 0.252 e. The Morgan fingerprint density at radius 1 is 1.15 bits per heavy atom. The van der Waals surface area contributed by atoms with E-state index >= 15 is 0 Å². The quantitative estimate of drug-likeness (QED) is 0.686. The zero-order chi connectivity index (χ0) is 17.9. The second kappa shape index (κ2) is 7.33. The number of halogens is 1. The Balaban J connectivity index is 1.41. The summed E-state index contributed by atoms with van der Waals surface area (Å²) in [6.45, 7) is 1.63. The highest BCUT2D eigenvalue weighted by Crippen LogP contribution is 2.24. The number of aromatic amines is 1. The van der Waals surface area contributed by atoms with Crippen molar-refractivity contribution in [3.05, 3.63) is 70.7 Å². The summed E-state index contributed by atoms with van der Waals surface area (Å²) in [5.74, 6) is 0.873. The van der Waals surface area contributed by atoms with E-state index in [-0.39, 0.29) is 11.9 Å². The first kappa shape index (κ1) is 16.8. The fourth-order valence-corrected chi connectivity index (χ4v) is 3.70. The molecule has 3 aromatic rings. The minimum Gasteiger partial charge on any atom is -0.353 e. The summed E-state index contributed by atoms with van der Waals surface area (Å²) < 4.78 is 0.812. The van der Waals surface area contributed by atoms with Crippen LogP contribution >= 0.6 is 15.9 Å². The minimum atomic E-state index is -0.0451. The molecule has 0 spiro atoms. The zero-order valence-electron chi connectivity index (χ0n) is 14.2. The molecule has 0 saturated carbocycles. The summed E-state index contributed by atoms with van der Waals surface area (Å²) >= 11 is 3.43. The monoisotopic (exact) mass is 410 g/mol. The van der Waals surface area contributed by atoms with Gasteiger partial charge in [0, 0.05) is 29.7 Å². The molecule has 1 unspecified atom stereocenters. The number of aromatic nitrogens is 2. The Bertz CT molecular complexity index is 909. The molecule has 1 aromatic heterocycles. The van der Waals surface area contributed by atoms with Crippen molar-refractivity contribution in [3.8, 4) is 11.3 Å². The molecule has 1 fully saturated rings. The van der Waals surface area contributed by atoms with Gasteiger partial charge in [-0.1, -0.05) is 42.5 Å². The molecule has 1 saturated heterocycles. The molecule has 2 heterocycles. The summed E-state index contributed by atoms with van der Waals surface area (Å²) in [5, 5.41) is 10.7. The second-order valence-corrected chi connectivity index (χ2v) is 7.25. The largest absolute Gasteiger partial charge is 0.353 e. The molecule has 2 aromatic carbocycles. The summed E-state index contributed by atoms with van der Waals surface area (Å²) in [6.07, 6.45) is 0.906. The smallest absolute Gasteiger partial charge is 0.252 e. The van der Waals surface area contributed by atoms with Crippen molar-refractivity contribution in [2.24, 2.45) is 0 Å². The minimum absolute atomic E-state index is 0.0451. The van der Waals surface area contributed by atoms with Crippen LogP contribution in [-0.2, 0) is 0 Å². The first-order valence-electron chi connectivity index (χ1n) is 8.62. The van der Waals surface area contributed by atoms with E-state index in [9.17, 15) is 4.79 Å². The highest BCUT2D eigenvalue weighted by atomic mass is 79.9. The van der Waals surface area contributed by atoms with E-state index in [1.54, 1.807) is 0 Å². The Hall–Kier alpha value is -2.60. The number of carbonyl (C=O) groups is 1. The van der Waals surface area contributed by atoms with E-state index in [1.807, 2.05) is 42.5 Å². The Kier molecular flexibility index (Phi) is 4.75. The number of carbonyl (C=O) groups excluding carboxylic acids is 1. The molecule has 1 aliphatic heterocycles. The molecule has 1 aliphatic rings. The van der Waals surface area contributed by atoms with Gasteiger partial charge in [-0.3, -0.25) is 9.89 Å². The van der Waals surface area contributed by atoms with Crippen LogP contribution in [0.25, 0.3) is 11.3 Å². The van der Waals surface area contributed by atoms with Crippen LogP contribution in [0.5, 0.6) is 0 Å². The number of nitrogens with one attached hydrogen (secondary N) is 2. The van der Waals surface area contributed by atoms with E-state index in [0.717, 1.165) is 41.1 Å². The van der Waals surface area contributed by atoms with Gasteiger partial charge in [0.25, 0.3) is 5.91 Å². The van der Waals surface area contributed by atoms with Gasteiger partial charge in [-0.25, -0.2) is 0 Å². The summed E-state index contributed by atoms with van der Waals surface area (Å²) in [7, 11) is 0. The van der Waals surface area contributed by atoms with E-state index in [2.05, 4.69) is 54.5 Å². The first-order chi connectivity index (χ1) is 12.7. The predicted molar refractivity (Wildman–Crippen MR) is 106 cm³/mol. The van der Waals surface area contributed by atoms with Crippen molar-refractivity contribution in [1.29, 1.82) is 0 Å². The van der Waals surface area contributed by atoms with E-state index < -0.39 is 0 Å². The average Bonchev–Trinajstić information content (AvgIpc) is 3.32. The highest BCUT2D eigenvalue weighted by molar-refractivity contribution is 9.10. The molecule has 6 heteroatoms. The average molecular weight is 411 g/mol. The lowest BCUT2D eigenvalue weighted by Crippen LogP contribution is -2.37. The van der Waals surface area contributed by atoms with Gasteiger partial charge >= 0.3 is 0 Å². The molecule has 1 amide bonds. The Labute approximate surface area is 160 Å². The van der Waals surface area contributed by atoms with Crippen LogP contribution in [0.1, 0.15) is 16.8 Å². The molecule has 0 radical (unpaired) electrons. The van der Waals surface area contributed by atoms with E-state index in [1.165, 1.54) is 0 Å². The molecule has 4 rings (SSSR count). The third-order valence-electron chi connectivity index (χ3n) is 4.62. The van der Waals surface area contributed by atoms with Crippen LogP contribution in [0, 0.1) is 0 Å². The Morgan fingerprint density at radius 3 is 2.73 bits per heavy atom. The number of rotatable bonds is 4. The van der Waals surface area contributed by atoms with Crippen molar-refractivity contribution >= 4 is 27.7 Å². The topological polar surface area (TPSA) is 61.0 Å². The molecule has 0 bridgehead atoms. The number of hydrogen-bond acceptors (Lipinski definition) is 3. The van der Waals surface area contributed by atoms with Crippen molar-refractivity contribution in [1.82, 2.24) is 15.5 Å². The molecule has 2 N–H and O–H groups in total. The molecule has 1 atom stereocenters. The first-order valence-corrected chi connectivity index (χ1v) is 9.41. The van der Waals surface area contributed by atoms with Gasteiger partial charge in [-0.05, 0) is 40.0 Å². The lowest BCUT2D eigenvalue weighted by atomic mass is 10.1. The van der Waals surface area contributed by atoms with Crippen LogP contribution in [0.3, 0.4) is 0 Å². The van der Waals surface area contributed by atoms with Gasteiger partial charge in [0.05, 0.1) is 11.3 Å². The Morgan fingerprint density at radius 2 is 1.92 bits per heavy atom. The van der Waals surface area contributed by atoms with Gasteiger partial charge in [0.15, 0.2) is 5.82 Å². The number of amides is 1. The number of nitrogens with zero attached hydrogens (tertiary/aromatic N) is 2. The number of hydrogen-bond donors (Lipinski definition) is 2. The molecule has 132 valence electrons. The third-order valence-corrected chi connectivity index (χ3v) is 5.31. The van der Waals surface area contributed by atoms with Crippen molar-refractivity contribution < 1.29 is 4.79 Å². The lowest BCUT2D eigenvalue weighted by Gasteiger charge is -2.16. The summed E-state index contributed by atoms with van der Waals surface area (Å²) in [4.78, 5) is 14.7. The number of benzene rings is 2. The SMILES string of the molecule is O=C(NC1CCN(c2cc(-c3ccccc3)[nH]n2)C1)c1ccccc1Br. The normalized spacial score (nSPS) is 16.7. The maximum atomic E-state index is 12.5. The molecular formula is C20H19BrN4O. The predicted octanol–water partition coefficient (Wildman–Crippen LogP) is 3.85. The fourth-order valence-electron chi connectivity index (χ4n) is 3.23. The lowest BCUT2D eigenvalue weighted by molar-refractivity contribution is 0.0939. The zero-order valence-corrected chi connectivity index (χ0v) is 15.7. The molecule has 26 heavy (non-hydrogen) atoms. The van der Waals surface area contributed by atoms with Crippen molar-refractivity contribution in [2.75, 3.05) is 18.0 Å². The molecule has 5 nitrogen and oxygen atoms in total. The van der Waals surface area contributed by atoms with Gasteiger partial charge in [0.1, 0.15) is 0 Å². The highest BCUT2D eigenvalue weighted by Gasteiger charge is 2.26. The fraction of sp³-hybridized carbons (Fsp3) is 0.200. The van der Waals surface area contributed by atoms with Crippen LogP contribution < -0.4 is 10.2 Å². The molecule has 0 aliphatic carbocycles. The van der Waals surface area contributed by atoms with Crippen LogP contribution in [0.2, 0.25) is 0 Å². The van der Waals surface area contributed by atoms with Crippen molar-refractivity contribution in [2.45, 2.75) is 12.5 Å². The van der Waals surface area contributed by atoms with Crippen LogP contribution in [-0.4, -0.2) is 35.2 Å².